The largest absolute Gasteiger partial charge is 0.444 e. The zero-order chi connectivity index (χ0) is 23.4. The number of anilines is 1. The van der Waals surface area contributed by atoms with Crippen molar-refractivity contribution in [2.45, 2.75) is 51.2 Å². The van der Waals surface area contributed by atoms with Gasteiger partial charge in [0.2, 0.25) is 11.8 Å². The van der Waals surface area contributed by atoms with E-state index in [0.29, 0.717) is 12.5 Å². The second kappa shape index (κ2) is 9.29. The van der Waals surface area contributed by atoms with Crippen LogP contribution in [0.2, 0.25) is 0 Å². The molecule has 7 nitrogen and oxygen atoms in total. The molecule has 168 valence electrons. The van der Waals surface area contributed by atoms with E-state index in [4.69, 9.17) is 11.2 Å². The molecule has 1 heterocycles. The van der Waals surface area contributed by atoms with Gasteiger partial charge in [-0.05, 0) is 45.7 Å². The van der Waals surface area contributed by atoms with Crippen LogP contribution in [0.4, 0.5) is 23.7 Å². The molecule has 0 aromatic heterocycles. The van der Waals surface area contributed by atoms with Gasteiger partial charge in [0.25, 0.3) is 0 Å². The van der Waals surface area contributed by atoms with Crippen LogP contribution in [0.15, 0.2) is 12.1 Å². The number of hydrogen-bond acceptors (Lipinski definition) is 4. The summed E-state index contributed by atoms with van der Waals surface area (Å²) < 4.78 is 45.4. The Labute approximate surface area is 178 Å². The zero-order valence-corrected chi connectivity index (χ0v) is 17.5. The number of terminal acetylenes is 1. The summed E-state index contributed by atoms with van der Waals surface area (Å²) in [4.78, 5) is 38.9. The lowest BCUT2D eigenvalue weighted by molar-refractivity contribution is -0.133. The van der Waals surface area contributed by atoms with Crippen LogP contribution in [0.1, 0.15) is 40.0 Å². The molecular formula is C21H24F3N3O4. The van der Waals surface area contributed by atoms with E-state index in [1.807, 2.05) is 0 Å². The minimum atomic E-state index is -1.73. The number of carbonyl (C=O) groups excluding carboxylic acids is 3. The third-order valence-electron chi connectivity index (χ3n) is 4.64. The maximum absolute atomic E-state index is 13.7. The molecule has 1 aliphatic rings. The minimum Gasteiger partial charge on any atom is -0.444 e. The first kappa shape index (κ1) is 24.1. The van der Waals surface area contributed by atoms with E-state index in [1.165, 1.54) is 4.90 Å². The molecule has 1 aliphatic heterocycles. The molecule has 31 heavy (non-hydrogen) atoms. The van der Waals surface area contributed by atoms with E-state index in [2.05, 4.69) is 16.6 Å². The smallest absolute Gasteiger partial charge is 0.411 e. The van der Waals surface area contributed by atoms with E-state index in [0.717, 1.165) is 6.07 Å². The highest BCUT2D eigenvalue weighted by molar-refractivity contribution is 5.97. The molecule has 2 rings (SSSR count). The van der Waals surface area contributed by atoms with Crippen LogP contribution in [-0.2, 0) is 14.3 Å². The molecule has 0 saturated carbocycles. The zero-order valence-electron chi connectivity index (χ0n) is 17.5. The molecular weight excluding hydrogens is 415 g/mol. The number of nitrogens with one attached hydrogen (secondary N) is 2. The normalized spacial score (nSPS) is 18.3. The first-order valence-electron chi connectivity index (χ1n) is 9.57. The van der Waals surface area contributed by atoms with Crippen LogP contribution >= 0.6 is 0 Å². The number of halogens is 3. The number of carbonyl (C=O) groups is 3. The van der Waals surface area contributed by atoms with Crippen LogP contribution in [0, 0.1) is 29.8 Å². The van der Waals surface area contributed by atoms with Gasteiger partial charge in [0.05, 0.1) is 12.2 Å². The molecule has 0 aliphatic carbocycles. The van der Waals surface area contributed by atoms with Crippen molar-refractivity contribution in [1.82, 2.24) is 10.2 Å². The Bertz CT molecular complexity index is 924. The first-order valence-corrected chi connectivity index (χ1v) is 9.57. The van der Waals surface area contributed by atoms with E-state index in [-0.39, 0.29) is 19.4 Å². The number of likely N-dealkylation sites (tertiary alicyclic amines) is 1. The van der Waals surface area contributed by atoms with E-state index >= 15 is 0 Å². The van der Waals surface area contributed by atoms with Crippen LogP contribution in [0.25, 0.3) is 0 Å². The summed E-state index contributed by atoms with van der Waals surface area (Å²) in [7, 11) is 0. The van der Waals surface area contributed by atoms with Gasteiger partial charge in [0, 0.05) is 13.0 Å². The molecule has 1 saturated heterocycles. The monoisotopic (exact) mass is 439 g/mol. The summed E-state index contributed by atoms with van der Waals surface area (Å²) in [5, 5.41) is 4.43. The molecule has 0 unspecified atom stereocenters. The van der Waals surface area contributed by atoms with Crippen molar-refractivity contribution in [2.24, 2.45) is 0 Å². The standard InChI is InChI=1S/C21H24F3N3O4/c1-5-9-21(10-6-11-27(21)19(30)31-20(2,3)4)18(29)25-12-15(28)26-14-8-7-13(22)16(23)17(14)24/h1,7-8H,6,9-12H2,2-4H3,(H,25,29)(H,26,28)/t21-/m0/s1. The van der Waals surface area contributed by atoms with Gasteiger partial charge in [-0.25, -0.2) is 18.0 Å². The predicted octanol–water partition coefficient (Wildman–Crippen LogP) is 2.95. The lowest BCUT2D eigenvalue weighted by Gasteiger charge is -2.36. The van der Waals surface area contributed by atoms with Gasteiger partial charge in [-0.3, -0.25) is 14.5 Å². The lowest BCUT2D eigenvalue weighted by Crippen LogP contribution is -2.58. The molecule has 1 aromatic rings. The molecule has 3 amide bonds. The third-order valence-corrected chi connectivity index (χ3v) is 4.64. The number of hydrogen-bond donors (Lipinski definition) is 2. The summed E-state index contributed by atoms with van der Waals surface area (Å²) in [6, 6.07) is 1.51. The third kappa shape index (κ3) is 5.48. The predicted molar refractivity (Wildman–Crippen MR) is 106 cm³/mol. The topological polar surface area (TPSA) is 87.7 Å². The highest BCUT2D eigenvalue weighted by atomic mass is 19.2. The van der Waals surface area contributed by atoms with Crippen LogP contribution in [-0.4, -0.2) is 47.0 Å². The van der Waals surface area contributed by atoms with E-state index < -0.39 is 58.7 Å². The van der Waals surface area contributed by atoms with Gasteiger partial charge in [0.15, 0.2) is 17.5 Å². The van der Waals surface area contributed by atoms with Crippen molar-refractivity contribution in [2.75, 3.05) is 18.4 Å². The van der Waals surface area contributed by atoms with Crippen LogP contribution < -0.4 is 10.6 Å². The Hall–Kier alpha value is -3.22. The highest BCUT2D eigenvalue weighted by Crippen LogP contribution is 2.34. The number of amides is 3. The van der Waals surface area contributed by atoms with Crippen molar-refractivity contribution >= 4 is 23.6 Å². The lowest BCUT2D eigenvalue weighted by atomic mass is 9.91. The second-order valence-corrected chi connectivity index (χ2v) is 8.10. The SMILES string of the molecule is C#CC[C@@]1(C(=O)NCC(=O)Nc2ccc(F)c(F)c2F)CCCN1C(=O)OC(C)(C)C. The van der Waals surface area contributed by atoms with Crippen molar-refractivity contribution in [3.8, 4) is 12.3 Å². The van der Waals surface area contributed by atoms with Gasteiger partial charge in [-0.1, -0.05) is 0 Å². The van der Waals surface area contributed by atoms with Crippen LogP contribution in [0.3, 0.4) is 0 Å². The summed E-state index contributed by atoms with van der Waals surface area (Å²) in [6.07, 6.45) is 5.39. The van der Waals surface area contributed by atoms with Gasteiger partial charge in [-0.2, -0.15) is 0 Å². The average Bonchev–Trinajstić information content (AvgIpc) is 3.10. The van der Waals surface area contributed by atoms with Gasteiger partial charge in [-0.15, -0.1) is 12.3 Å². The molecule has 0 radical (unpaired) electrons. The fourth-order valence-corrected chi connectivity index (χ4v) is 3.27. The van der Waals surface area contributed by atoms with Crippen LogP contribution in [0.5, 0.6) is 0 Å². The molecule has 0 bridgehead atoms. The fourth-order valence-electron chi connectivity index (χ4n) is 3.27. The van der Waals surface area contributed by atoms with E-state index in [9.17, 15) is 27.6 Å². The maximum atomic E-state index is 13.7. The fraction of sp³-hybridized carbons (Fsp3) is 0.476. The molecule has 1 aromatic carbocycles. The number of rotatable bonds is 5. The molecule has 1 fully saturated rings. The number of ether oxygens (including phenoxy) is 1. The number of benzene rings is 1. The van der Waals surface area contributed by atoms with Crippen molar-refractivity contribution in [1.29, 1.82) is 0 Å². The Morgan fingerprint density at radius 1 is 1.23 bits per heavy atom. The molecule has 0 spiro atoms. The summed E-state index contributed by atoms with van der Waals surface area (Å²) in [5.41, 5.74) is -2.76. The number of nitrogens with zero attached hydrogens (tertiary/aromatic N) is 1. The Balaban J connectivity index is 2.10. The van der Waals surface area contributed by atoms with Crippen molar-refractivity contribution < 1.29 is 32.3 Å². The Morgan fingerprint density at radius 2 is 1.90 bits per heavy atom. The average molecular weight is 439 g/mol. The summed E-state index contributed by atoms with van der Waals surface area (Å²) >= 11 is 0. The quantitative estimate of drug-likeness (QED) is 0.546. The van der Waals surface area contributed by atoms with Gasteiger partial charge < -0.3 is 15.4 Å². The Kier molecular flexibility index (Phi) is 7.21. The Morgan fingerprint density at radius 3 is 2.52 bits per heavy atom. The van der Waals surface area contributed by atoms with Crippen molar-refractivity contribution in [3.05, 3.63) is 29.6 Å². The van der Waals surface area contributed by atoms with Gasteiger partial charge in [0.1, 0.15) is 11.1 Å². The van der Waals surface area contributed by atoms with Gasteiger partial charge >= 0.3 is 6.09 Å². The molecule has 10 heteroatoms. The van der Waals surface area contributed by atoms with Crippen molar-refractivity contribution in [3.63, 3.8) is 0 Å². The summed E-state index contributed by atoms with van der Waals surface area (Å²) in [5.74, 6) is -3.85. The maximum Gasteiger partial charge on any atom is 0.411 e. The minimum absolute atomic E-state index is 0.0997. The molecule has 2 N–H and O–H groups in total. The van der Waals surface area contributed by atoms with E-state index in [1.54, 1.807) is 20.8 Å². The highest BCUT2D eigenvalue weighted by Gasteiger charge is 2.50. The first-order chi connectivity index (χ1) is 14.4. The molecule has 1 atom stereocenters. The summed E-state index contributed by atoms with van der Waals surface area (Å²) in [6.45, 7) is 4.70. The second-order valence-electron chi connectivity index (χ2n) is 8.10.